The number of nitrogens with one attached hydrogen (secondary N) is 2. The number of benzene rings is 3. The van der Waals surface area contributed by atoms with Gasteiger partial charge in [-0.2, -0.15) is 0 Å². The maximum atomic E-state index is 14.0. The van der Waals surface area contributed by atoms with E-state index in [1.807, 2.05) is 23.1 Å². The van der Waals surface area contributed by atoms with E-state index in [2.05, 4.69) is 38.7 Å². The molecule has 2 N–H and O–H groups in total. The van der Waals surface area contributed by atoms with Crippen LogP contribution in [0.3, 0.4) is 0 Å². The summed E-state index contributed by atoms with van der Waals surface area (Å²) in [4.78, 5) is 27.9. The number of carbonyl (C=O) groups excluding carboxylic acids is 2. The molecule has 2 heterocycles. The minimum atomic E-state index is -0.674. The molecule has 0 aromatic heterocycles. The number of nitrogens with zero attached hydrogens (tertiary/aromatic N) is 1. The fourth-order valence-electron chi connectivity index (χ4n) is 4.82. The lowest BCUT2D eigenvalue weighted by atomic mass is 9.91. The molecule has 0 saturated carbocycles. The Kier molecular flexibility index (Phi) is 6.32. The van der Waals surface area contributed by atoms with Crippen molar-refractivity contribution in [2.75, 3.05) is 18.4 Å². The van der Waals surface area contributed by atoms with E-state index < -0.39 is 11.9 Å². The van der Waals surface area contributed by atoms with E-state index in [1.54, 1.807) is 12.1 Å². The Hall–Kier alpha value is -2.90. The summed E-state index contributed by atoms with van der Waals surface area (Å²) in [5.41, 5.74) is 3.13. The van der Waals surface area contributed by atoms with E-state index in [9.17, 15) is 14.0 Å². The molecule has 3 aromatic rings. The van der Waals surface area contributed by atoms with Gasteiger partial charge < -0.3 is 15.5 Å². The third-order valence-electron chi connectivity index (χ3n) is 6.44. The van der Waals surface area contributed by atoms with E-state index >= 15 is 0 Å². The Morgan fingerprint density at radius 2 is 1.94 bits per heavy atom. The van der Waals surface area contributed by atoms with Crippen LogP contribution < -0.4 is 10.6 Å². The monoisotopic (exact) mass is 541 g/mol. The van der Waals surface area contributed by atoms with E-state index in [4.69, 9.17) is 11.6 Å². The zero-order valence-corrected chi connectivity index (χ0v) is 20.5. The predicted octanol–water partition coefficient (Wildman–Crippen LogP) is 6.49. The molecule has 5 rings (SSSR count). The van der Waals surface area contributed by atoms with Crippen molar-refractivity contribution in [3.8, 4) is 0 Å². The molecule has 1 saturated heterocycles. The topological polar surface area (TPSA) is 61.4 Å². The molecule has 3 amide bonds. The fraction of sp³-hybridized carbons (Fsp3) is 0.231. The van der Waals surface area contributed by atoms with Crippen molar-refractivity contribution in [2.45, 2.75) is 24.8 Å². The first-order valence-electron chi connectivity index (χ1n) is 11.1. The summed E-state index contributed by atoms with van der Waals surface area (Å²) < 4.78 is 14.7. The van der Waals surface area contributed by atoms with E-state index in [-0.39, 0.29) is 17.9 Å². The van der Waals surface area contributed by atoms with Gasteiger partial charge in [-0.3, -0.25) is 4.79 Å². The first-order chi connectivity index (χ1) is 16.4. The molecule has 174 valence electrons. The van der Waals surface area contributed by atoms with Crippen LogP contribution in [0.5, 0.6) is 0 Å². The summed E-state index contributed by atoms with van der Waals surface area (Å²) in [6, 6.07) is 16.8. The SMILES string of the molecule is O=C1NC(c2cc(F)ccc2Cl)c2c(NC(=O)N3CCCC(c4ccccc4)C3)cc(Br)cc21. The number of piperidine rings is 1. The van der Waals surface area contributed by atoms with Gasteiger partial charge in [0.25, 0.3) is 5.91 Å². The summed E-state index contributed by atoms with van der Waals surface area (Å²) in [7, 11) is 0. The van der Waals surface area contributed by atoms with Crippen molar-refractivity contribution in [1.82, 2.24) is 10.2 Å². The molecule has 2 aliphatic rings. The van der Waals surface area contributed by atoms with Gasteiger partial charge in [0, 0.05) is 50.9 Å². The highest BCUT2D eigenvalue weighted by Gasteiger charge is 2.35. The van der Waals surface area contributed by atoms with Crippen LogP contribution in [-0.2, 0) is 0 Å². The lowest BCUT2D eigenvalue weighted by Gasteiger charge is -2.33. The lowest BCUT2D eigenvalue weighted by molar-refractivity contribution is 0.0960. The molecular formula is C26H22BrClFN3O2. The second-order valence-corrected chi connectivity index (χ2v) is 9.94. The summed E-state index contributed by atoms with van der Waals surface area (Å²) in [5, 5.41) is 6.22. The number of rotatable bonds is 3. The van der Waals surface area contributed by atoms with E-state index in [0.29, 0.717) is 45.0 Å². The number of anilines is 1. The number of carbonyl (C=O) groups is 2. The summed E-state index contributed by atoms with van der Waals surface area (Å²) in [6.07, 6.45) is 1.93. The third-order valence-corrected chi connectivity index (χ3v) is 7.25. The van der Waals surface area contributed by atoms with E-state index in [1.165, 1.54) is 23.8 Å². The van der Waals surface area contributed by atoms with Crippen molar-refractivity contribution in [3.05, 3.63) is 98.2 Å². The van der Waals surface area contributed by atoms with Gasteiger partial charge in [0.1, 0.15) is 5.82 Å². The van der Waals surface area contributed by atoms with Crippen LogP contribution in [0.15, 0.2) is 65.1 Å². The molecule has 0 aliphatic carbocycles. The smallest absolute Gasteiger partial charge is 0.321 e. The highest BCUT2D eigenvalue weighted by atomic mass is 79.9. The Morgan fingerprint density at radius 3 is 2.74 bits per heavy atom. The van der Waals surface area contributed by atoms with Crippen molar-refractivity contribution >= 4 is 45.2 Å². The van der Waals surface area contributed by atoms with Crippen molar-refractivity contribution < 1.29 is 14.0 Å². The summed E-state index contributed by atoms with van der Waals surface area (Å²) in [6.45, 7) is 1.27. The van der Waals surface area contributed by atoms with Crippen LogP contribution in [0, 0.1) is 5.82 Å². The predicted molar refractivity (Wildman–Crippen MR) is 134 cm³/mol. The molecule has 1 fully saturated rings. The van der Waals surface area contributed by atoms with Crippen LogP contribution in [0.4, 0.5) is 14.9 Å². The number of urea groups is 1. The molecular weight excluding hydrogens is 521 g/mol. The second-order valence-electron chi connectivity index (χ2n) is 8.61. The van der Waals surface area contributed by atoms with Crippen LogP contribution in [-0.4, -0.2) is 29.9 Å². The van der Waals surface area contributed by atoms with Crippen molar-refractivity contribution in [3.63, 3.8) is 0 Å². The maximum Gasteiger partial charge on any atom is 0.321 e. The highest BCUT2D eigenvalue weighted by molar-refractivity contribution is 9.10. The molecule has 2 unspecified atom stereocenters. The largest absolute Gasteiger partial charge is 0.341 e. The summed E-state index contributed by atoms with van der Waals surface area (Å²) in [5.74, 6) is -0.486. The van der Waals surface area contributed by atoms with Gasteiger partial charge in [0.2, 0.25) is 0 Å². The maximum absolute atomic E-state index is 14.0. The Balaban J connectivity index is 1.45. The van der Waals surface area contributed by atoms with Crippen molar-refractivity contribution in [2.24, 2.45) is 0 Å². The van der Waals surface area contributed by atoms with Gasteiger partial charge >= 0.3 is 6.03 Å². The average Bonchev–Trinajstić information content (AvgIpc) is 3.17. The molecule has 0 spiro atoms. The number of halogens is 3. The minimum absolute atomic E-state index is 0.232. The van der Waals surface area contributed by atoms with Crippen LogP contribution >= 0.6 is 27.5 Å². The number of hydrogen-bond acceptors (Lipinski definition) is 2. The van der Waals surface area contributed by atoms with Gasteiger partial charge in [-0.05, 0) is 48.7 Å². The zero-order valence-electron chi connectivity index (χ0n) is 18.2. The molecule has 8 heteroatoms. The molecule has 2 atom stereocenters. The average molecular weight is 543 g/mol. The molecule has 0 radical (unpaired) electrons. The molecule has 3 aromatic carbocycles. The molecule has 0 bridgehead atoms. The third kappa shape index (κ3) is 4.42. The fourth-order valence-corrected chi connectivity index (χ4v) is 5.51. The Labute approximate surface area is 210 Å². The van der Waals surface area contributed by atoms with Crippen LogP contribution in [0.25, 0.3) is 0 Å². The second kappa shape index (κ2) is 9.39. The van der Waals surface area contributed by atoms with Gasteiger partial charge in [0.05, 0.1) is 6.04 Å². The zero-order chi connectivity index (χ0) is 23.8. The normalized spacial score (nSPS) is 19.5. The standard InChI is InChI=1S/C26H22BrClFN3O2/c27-17-11-20-23(24(31-25(20)33)19-13-18(29)8-9-21(19)28)22(12-17)30-26(34)32-10-4-7-16(14-32)15-5-2-1-3-6-15/h1-3,5-6,8-9,11-13,16,24H,4,7,10,14H2,(H,30,34)(H,31,33). The van der Waals surface area contributed by atoms with Gasteiger partial charge in [0.15, 0.2) is 0 Å². The Morgan fingerprint density at radius 1 is 1.15 bits per heavy atom. The van der Waals surface area contributed by atoms with Gasteiger partial charge in [-0.25, -0.2) is 9.18 Å². The lowest BCUT2D eigenvalue weighted by Crippen LogP contribution is -2.41. The van der Waals surface area contributed by atoms with Crippen LogP contribution in [0.2, 0.25) is 5.02 Å². The quantitative estimate of drug-likeness (QED) is 0.398. The molecule has 34 heavy (non-hydrogen) atoms. The number of likely N-dealkylation sites (tertiary alicyclic amines) is 1. The molecule has 5 nitrogen and oxygen atoms in total. The van der Waals surface area contributed by atoms with Gasteiger partial charge in [-0.15, -0.1) is 0 Å². The van der Waals surface area contributed by atoms with E-state index in [0.717, 1.165) is 12.8 Å². The van der Waals surface area contributed by atoms with Gasteiger partial charge in [-0.1, -0.05) is 57.9 Å². The van der Waals surface area contributed by atoms with Crippen LogP contribution in [0.1, 0.15) is 51.8 Å². The van der Waals surface area contributed by atoms with Crippen molar-refractivity contribution in [1.29, 1.82) is 0 Å². The highest BCUT2D eigenvalue weighted by Crippen LogP contribution is 2.41. The summed E-state index contributed by atoms with van der Waals surface area (Å²) >= 11 is 9.79. The minimum Gasteiger partial charge on any atom is -0.341 e. The first kappa shape index (κ1) is 22.9. The Bertz CT molecular complexity index is 1270. The first-order valence-corrected chi connectivity index (χ1v) is 12.3. The number of amides is 3. The number of fused-ring (bicyclic) bond motifs is 1. The number of hydrogen-bond donors (Lipinski definition) is 2. The molecule has 2 aliphatic heterocycles.